The predicted molar refractivity (Wildman–Crippen MR) is 123 cm³/mol. The van der Waals surface area contributed by atoms with Gasteiger partial charge in [0, 0.05) is 18.2 Å². The largest absolute Gasteiger partial charge is 0.458 e. The first kappa shape index (κ1) is 23.5. The first-order chi connectivity index (χ1) is 16.0. The van der Waals surface area contributed by atoms with Crippen LogP contribution in [0.5, 0.6) is 0 Å². The number of alkyl halides is 1. The minimum Gasteiger partial charge on any atom is -0.458 e. The molecule has 1 aromatic carbocycles. The Bertz CT molecular complexity index is 1160. The highest BCUT2D eigenvalue weighted by atomic mass is 35.5. The van der Waals surface area contributed by atoms with E-state index in [4.69, 9.17) is 25.5 Å². The number of fused-ring (bicyclic) bond motifs is 1. The van der Waals surface area contributed by atoms with Crippen LogP contribution in [0, 0.1) is 0 Å². The van der Waals surface area contributed by atoms with E-state index >= 15 is 0 Å². The number of rotatable bonds is 9. The second-order valence-corrected chi connectivity index (χ2v) is 8.43. The Balaban J connectivity index is 1.55. The van der Waals surface area contributed by atoms with Gasteiger partial charge in [-0.1, -0.05) is 44.0 Å². The first-order valence-electron chi connectivity index (χ1n) is 11.2. The Morgan fingerprint density at radius 1 is 1.30 bits per heavy atom. The van der Waals surface area contributed by atoms with Gasteiger partial charge in [0.1, 0.15) is 30.1 Å². The highest BCUT2D eigenvalue weighted by Crippen LogP contribution is 2.32. The van der Waals surface area contributed by atoms with Crippen molar-refractivity contribution in [2.75, 3.05) is 12.5 Å². The zero-order valence-corrected chi connectivity index (χ0v) is 19.2. The van der Waals surface area contributed by atoms with Gasteiger partial charge in [0.15, 0.2) is 0 Å². The van der Waals surface area contributed by atoms with Gasteiger partial charge < -0.3 is 19.0 Å². The molecule has 2 aromatic heterocycles. The Hall–Kier alpha value is -2.68. The fourth-order valence-electron chi connectivity index (χ4n) is 4.05. The second kappa shape index (κ2) is 10.5. The zero-order valence-electron chi connectivity index (χ0n) is 18.4. The summed E-state index contributed by atoms with van der Waals surface area (Å²) in [5, 5.41) is 10.2. The van der Waals surface area contributed by atoms with Gasteiger partial charge in [0.25, 0.3) is 0 Å². The average Bonchev–Trinajstić information content (AvgIpc) is 3.42. The number of carbonyl (C=O) groups is 1. The van der Waals surface area contributed by atoms with Crippen molar-refractivity contribution in [1.82, 2.24) is 9.55 Å². The zero-order chi connectivity index (χ0) is 23.4. The van der Waals surface area contributed by atoms with Gasteiger partial charge in [-0.2, -0.15) is 4.98 Å². The minimum atomic E-state index is -0.750. The van der Waals surface area contributed by atoms with Crippen molar-refractivity contribution in [2.45, 2.75) is 57.5 Å². The lowest BCUT2D eigenvalue weighted by Gasteiger charge is -2.15. The van der Waals surface area contributed by atoms with E-state index in [0.717, 1.165) is 12.0 Å². The summed E-state index contributed by atoms with van der Waals surface area (Å²) >= 11 is 5.50. The molecule has 3 atom stereocenters. The number of hydrogen-bond acceptors (Lipinski definition) is 7. The van der Waals surface area contributed by atoms with Gasteiger partial charge in [-0.3, -0.25) is 9.36 Å². The number of aliphatic hydroxyl groups is 1. The number of furan rings is 1. The van der Waals surface area contributed by atoms with Gasteiger partial charge >= 0.3 is 11.7 Å². The maximum Gasteiger partial charge on any atom is 0.353 e. The maximum atomic E-state index is 12.6. The van der Waals surface area contributed by atoms with Crippen LogP contribution in [0.2, 0.25) is 0 Å². The van der Waals surface area contributed by atoms with Gasteiger partial charge in [-0.25, -0.2) is 4.79 Å². The van der Waals surface area contributed by atoms with Gasteiger partial charge in [-0.05, 0) is 24.5 Å². The van der Waals surface area contributed by atoms with Crippen molar-refractivity contribution in [1.29, 1.82) is 0 Å². The smallest absolute Gasteiger partial charge is 0.353 e. The third-order valence-electron chi connectivity index (χ3n) is 5.81. The van der Waals surface area contributed by atoms with Crippen molar-refractivity contribution in [3.05, 3.63) is 52.6 Å². The molecule has 0 saturated carbocycles. The van der Waals surface area contributed by atoms with E-state index in [1.54, 1.807) is 6.20 Å². The lowest BCUT2D eigenvalue weighted by molar-refractivity contribution is -0.150. The molecule has 3 heterocycles. The molecular weight excluding hydrogens is 448 g/mol. The van der Waals surface area contributed by atoms with Crippen LogP contribution >= 0.6 is 11.6 Å². The highest BCUT2D eigenvalue weighted by Gasteiger charge is 2.39. The molecule has 0 aliphatic carbocycles. The van der Waals surface area contributed by atoms with E-state index in [0.29, 0.717) is 11.1 Å². The molecule has 1 N–H and O–H groups in total. The molecule has 1 aliphatic heterocycles. The maximum absolute atomic E-state index is 12.6. The van der Waals surface area contributed by atoms with E-state index < -0.39 is 30.1 Å². The van der Waals surface area contributed by atoms with Crippen molar-refractivity contribution < 1.29 is 23.8 Å². The molecule has 9 heteroatoms. The molecular formula is C24H27ClN2O6. The molecule has 0 spiro atoms. The molecule has 0 amide bonds. The van der Waals surface area contributed by atoms with Crippen LogP contribution in [0.3, 0.4) is 0 Å². The van der Waals surface area contributed by atoms with Gasteiger partial charge in [0.2, 0.25) is 5.71 Å². The van der Waals surface area contributed by atoms with E-state index in [1.807, 2.05) is 18.2 Å². The Kier molecular flexibility index (Phi) is 7.47. The van der Waals surface area contributed by atoms with Crippen LogP contribution in [-0.4, -0.2) is 45.3 Å². The molecule has 0 unspecified atom stereocenters. The fourth-order valence-corrected chi connectivity index (χ4v) is 4.11. The number of halogens is 1. The number of carbonyl (C=O) groups excluding carboxylic acids is 1. The standard InChI is InChI=1S/C24H27ClN2O6/c1-2-3-4-5-15-6-8-16(9-7-15)18-10-17-13-27(24(30)26-23(17)33-18)21-11-19(20(14-28)31-21)32-22(29)12-25/h6-10,13,19-21,28H,2-5,11-12,14H2,1H3/t19-,20+,21+/m0/s1. The van der Waals surface area contributed by atoms with Crippen LogP contribution in [-0.2, 0) is 20.7 Å². The minimum absolute atomic E-state index is 0.200. The van der Waals surface area contributed by atoms with E-state index in [9.17, 15) is 14.7 Å². The Morgan fingerprint density at radius 3 is 2.79 bits per heavy atom. The molecule has 0 radical (unpaired) electrons. The van der Waals surface area contributed by atoms with E-state index in [1.165, 1.54) is 29.4 Å². The summed E-state index contributed by atoms with van der Waals surface area (Å²) in [6.45, 7) is 1.83. The molecule has 176 valence electrons. The monoisotopic (exact) mass is 474 g/mol. The Morgan fingerprint density at radius 2 is 2.09 bits per heavy atom. The lowest BCUT2D eigenvalue weighted by Crippen LogP contribution is -2.30. The third-order valence-corrected chi connectivity index (χ3v) is 6.02. The molecule has 4 rings (SSSR count). The number of esters is 1. The van der Waals surface area contributed by atoms with Crippen molar-refractivity contribution >= 4 is 28.7 Å². The van der Waals surface area contributed by atoms with Crippen molar-refractivity contribution in [3.8, 4) is 11.3 Å². The van der Waals surface area contributed by atoms with Crippen LogP contribution in [0.4, 0.5) is 0 Å². The number of unbranched alkanes of at least 4 members (excludes halogenated alkanes) is 2. The number of nitrogens with zero attached hydrogens (tertiary/aromatic N) is 2. The molecule has 1 fully saturated rings. The highest BCUT2D eigenvalue weighted by molar-refractivity contribution is 6.26. The summed E-state index contributed by atoms with van der Waals surface area (Å²) in [4.78, 5) is 28.2. The molecule has 8 nitrogen and oxygen atoms in total. The summed E-state index contributed by atoms with van der Waals surface area (Å²) < 4.78 is 18.1. The Labute approximate surface area is 196 Å². The SMILES string of the molecule is CCCCCc1ccc(-c2cc3cn([C@H]4C[C@H](OC(=O)CCl)[C@@H](CO)O4)c(=O)nc3o2)cc1. The van der Waals surface area contributed by atoms with Crippen LogP contribution in [0.25, 0.3) is 22.4 Å². The number of aromatic nitrogens is 2. The van der Waals surface area contributed by atoms with Gasteiger partial charge in [0.05, 0.1) is 12.0 Å². The summed E-state index contributed by atoms with van der Waals surface area (Å²) in [7, 11) is 0. The topological polar surface area (TPSA) is 104 Å². The molecule has 33 heavy (non-hydrogen) atoms. The van der Waals surface area contributed by atoms with Crippen molar-refractivity contribution in [2.24, 2.45) is 0 Å². The number of benzene rings is 1. The summed E-state index contributed by atoms with van der Waals surface area (Å²) in [6, 6.07) is 10.0. The fraction of sp³-hybridized carbons (Fsp3) is 0.458. The normalized spacial score (nSPS) is 20.4. The first-order valence-corrected chi connectivity index (χ1v) is 11.7. The van der Waals surface area contributed by atoms with E-state index in [2.05, 4.69) is 24.0 Å². The second-order valence-electron chi connectivity index (χ2n) is 8.17. The molecule has 0 bridgehead atoms. The summed E-state index contributed by atoms with van der Waals surface area (Å²) in [6.07, 6.45) is 4.25. The van der Waals surface area contributed by atoms with Crippen LogP contribution in [0.1, 0.15) is 44.4 Å². The van der Waals surface area contributed by atoms with Crippen molar-refractivity contribution in [3.63, 3.8) is 0 Å². The number of ether oxygens (including phenoxy) is 2. The molecule has 3 aromatic rings. The quantitative estimate of drug-likeness (QED) is 0.285. The number of aliphatic hydroxyl groups excluding tert-OH is 1. The summed E-state index contributed by atoms with van der Waals surface area (Å²) in [5.41, 5.74) is 1.86. The van der Waals surface area contributed by atoms with Crippen LogP contribution < -0.4 is 5.69 Å². The summed E-state index contributed by atoms with van der Waals surface area (Å²) in [5.74, 6) is -0.296. The number of hydrogen-bond donors (Lipinski definition) is 1. The molecule has 1 aliphatic rings. The van der Waals surface area contributed by atoms with Crippen LogP contribution in [0.15, 0.2) is 45.7 Å². The van der Waals surface area contributed by atoms with E-state index in [-0.39, 0.29) is 24.6 Å². The lowest BCUT2D eigenvalue weighted by atomic mass is 10.0. The molecule has 1 saturated heterocycles. The number of aryl methyl sites for hydroxylation is 1. The average molecular weight is 475 g/mol. The third kappa shape index (κ3) is 5.29. The van der Waals surface area contributed by atoms with Gasteiger partial charge in [-0.15, -0.1) is 11.6 Å². The predicted octanol–water partition coefficient (Wildman–Crippen LogP) is 3.82.